The summed E-state index contributed by atoms with van der Waals surface area (Å²) in [6.45, 7) is 10.3. The van der Waals surface area contributed by atoms with Crippen LogP contribution in [-0.4, -0.2) is 43.4 Å². The first-order valence-corrected chi connectivity index (χ1v) is 9.54. The molecule has 0 aromatic heterocycles. The predicted molar refractivity (Wildman–Crippen MR) is 105 cm³/mol. The summed E-state index contributed by atoms with van der Waals surface area (Å²) >= 11 is 0. The van der Waals surface area contributed by atoms with Gasteiger partial charge in [-0.3, -0.25) is 4.99 Å². The molecule has 0 fully saturated rings. The van der Waals surface area contributed by atoms with Crippen molar-refractivity contribution in [3.05, 3.63) is 30.1 Å². The number of aliphatic imine (C=N–C) groups is 1. The van der Waals surface area contributed by atoms with E-state index >= 15 is 0 Å². The molecule has 1 unspecified atom stereocenters. The van der Waals surface area contributed by atoms with E-state index in [2.05, 4.69) is 24.5 Å². The lowest BCUT2D eigenvalue weighted by Crippen LogP contribution is -2.42. The monoisotopic (exact) mass is 367 g/mol. The predicted octanol–water partition coefficient (Wildman–Crippen LogP) is 3.34. The number of aliphatic hydroxyl groups excluding tert-OH is 1. The van der Waals surface area contributed by atoms with Gasteiger partial charge in [-0.1, -0.05) is 26.0 Å². The van der Waals surface area contributed by atoms with Crippen LogP contribution in [0.3, 0.4) is 0 Å². The first kappa shape index (κ1) is 22.2. The lowest BCUT2D eigenvalue weighted by Gasteiger charge is -2.29. The fourth-order valence-corrected chi connectivity index (χ4v) is 2.77. The smallest absolute Gasteiger partial charge is 0.191 e. The summed E-state index contributed by atoms with van der Waals surface area (Å²) in [5.41, 5.74) is 0.0202. The van der Waals surface area contributed by atoms with Gasteiger partial charge in [0.15, 0.2) is 17.5 Å². The molecule has 3 N–H and O–H groups in total. The molecule has 1 atom stereocenters. The van der Waals surface area contributed by atoms with Crippen molar-refractivity contribution in [2.24, 2.45) is 10.4 Å². The first-order chi connectivity index (χ1) is 12.5. The Morgan fingerprint density at radius 1 is 1.23 bits per heavy atom. The Morgan fingerprint density at radius 2 is 1.92 bits per heavy atom. The molecule has 26 heavy (non-hydrogen) atoms. The topological polar surface area (TPSA) is 65.9 Å². The van der Waals surface area contributed by atoms with Gasteiger partial charge in [0, 0.05) is 19.7 Å². The van der Waals surface area contributed by atoms with Gasteiger partial charge in [-0.25, -0.2) is 4.39 Å². The number of guanidine groups is 1. The van der Waals surface area contributed by atoms with Gasteiger partial charge in [0.05, 0.1) is 6.54 Å². The summed E-state index contributed by atoms with van der Waals surface area (Å²) in [6.07, 6.45) is 2.48. The van der Waals surface area contributed by atoms with Crippen molar-refractivity contribution >= 4 is 5.96 Å². The molecular weight excluding hydrogens is 333 g/mol. The molecule has 1 rings (SSSR count). The average molecular weight is 368 g/mol. The Hall–Kier alpha value is -1.82. The molecular formula is C20H34FN3O2. The number of halogens is 1. The third-order valence-electron chi connectivity index (χ3n) is 4.78. The lowest BCUT2D eigenvalue weighted by molar-refractivity contribution is 0.175. The first-order valence-electron chi connectivity index (χ1n) is 9.54. The number of ether oxygens (including phenoxy) is 1. The molecule has 0 aliphatic carbocycles. The van der Waals surface area contributed by atoms with Gasteiger partial charge in [0.25, 0.3) is 0 Å². The van der Waals surface area contributed by atoms with Crippen LogP contribution in [0.2, 0.25) is 0 Å². The van der Waals surface area contributed by atoms with E-state index in [4.69, 9.17) is 9.73 Å². The van der Waals surface area contributed by atoms with Crippen LogP contribution in [-0.2, 0) is 0 Å². The Labute approximate surface area is 157 Å². The Kier molecular flexibility index (Phi) is 10.0. The number of hydrogen-bond acceptors (Lipinski definition) is 3. The maximum Gasteiger partial charge on any atom is 0.191 e. The van der Waals surface area contributed by atoms with E-state index in [1.54, 1.807) is 18.2 Å². The lowest BCUT2D eigenvalue weighted by atomic mass is 9.79. The van der Waals surface area contributed by atoms with Crippen LogP contribution in [0.5, 0.6) is 5.75 Å². The number of benzene rings is 1. The molecule has 0 aliphatic heterocycles. The molecule has 0 heterocycles. The van der Waals surface area contributed by atoms with Crippen molar-refractivity contribution in [2.75, 3.05) is 26.2 Å². The molecule has 0 radical (unpaired) electrons. The Morgan fingerprint density at radius 3 is 2.50 bits per heavy atom. The molecule has 0 saturated heterocycles. The summed E-state index contributed by atoms with van der Waals surface area (Å²) in [6, 6.07) is 6.40. The van der Waals surface area contributed by atoms with Crippen LogP contribution < -0.4 is 15.4 Å². The Bertz CT molecular complexity index is 548. The second-order valence-electron chi connectivity index (χ2n) is 6.62. The summed E-state index contributed by atoms with van der Waals surface area (Å²) in [5.74, 6) is 0.600. The highest BCUT2D eigenvalue weighted by Crippen LogP contribution is 2.30. The fraction of sp³-hybridized carbons (Fsp3) is 0.650. The molecule has 0 bridgehead atoms. The summed E-state index contributed by atoms with van der Waals surface area (Å²) in [7, 11) is 0. The van der Waals surface area contributed by atoms with Gasteiger partial charge in [-0.2, -0.15) is 0 Å². The van der Waals surface area contributed by atoms with Gasteiger partial charge in [-0.15, -0.1) is 0 Å². The minimum absolute atomic E-state index is 0.0202. The highest BCUT2D eigenvalue weighted by molar-refractivity contribution is 5.79. The van der Waals surface area contributed by atoms with Crippen LogP contribution in [0.25, 0.3) is 0 Å². The van der Waals surface area contributed by atoms with Gasteiger partial charge < -0.3 is 20.5 Å². The van der Waals surface area contributed by atoms with Gasteiger partial charge >= 0.3 is 0 Å². The van der Waals surface area contributed by atoms with E-state index in [1.165, 1.54) is 6.07 Å². The largest absolute Gasteiger partial charge is 0.486 e. The fourth-order valence-electron chi connectivity index (χ4n) is 2.77. The number of rotatable bonds is 11. The van der Waals surface area contributed by atoms with Crippen molar-refractivity contribution in [1.82, 2.24) is 10.6 Å². The van der Waals surface area contributed by atoms with E-state index in [0.717, 1.165) is 25.8 Å². The third-order valence-corrected chi connectivity index (χ3v) is 4.78. The highest BCUT2D eigenvalue weighted by Gasteiger charge is 2.25. The molecule has 0 saturated carbocycles. The van der Waals surface area contributed by atoms with E-state index in [-0.39, 0.29) is 29.7 Å². The molecule has 1 aromatic rings. The summed E-state index contributed by atoms with van der Waals surface area (Å²) in [4.78, 5) is 4.70. The minimum atomic E-state index is -0.361. The van der Waals surface area contributed by atoms with Crippen LogP contribution in [0.15, 0.2) is 29.3 Å². The normalized spacial score (nSPS) is 13.4. The highest BCUT2D eigenvalue weighted by atomic mass is 19.1. The number of hydrogen-bond donors (Lipinski definition) is 3. The van der Waals surface area contributed by atoms with E-state index in [9.17, 15) is 9.50 Å². The summed E-state index contributed by atoms with van der Waals surface area (Å²) < 4.78 is 19.3. The number of nitrogens with zero attached hydrogens (tertiary/aromatic N) is 1. The molecule has 148 valence electrons. The second-order valence-corrected chi connectivity index (χ2v) is 6.62. The van der Waals surface area contributed by atoms with Crippen LogP contribution in [0.4, 0.5) is 4.39 Å². The zero-order valence-corrected chi connectivity index (χ0v) is 16.5. The van der Waals surface area contributed by atoms with Crippen molar-refractivity contribution < 1.29 is 14.2 Å². The van der Waals surface area contributed by atoms with Gasteiger partial charge in [0.1, 0.15) is 6.10 Å². The van der Waals surface area contributed by atoms with E-state index in [0.29, 0.717) is 19.0 Å². The molecule has 1 aromatic carbocycles. The number of para-hydroxylation sites is 1. The number of aliphatic hydroxyl groups is 1. The molecule has 0 aliphatic rings. The zero-order valence-electron chi connectivity index (χ0n) is 16.5. The average Bonchev–Trinajstić information content (AvgIpc) is 2.65. The second kappa shape index (κ2) is 11.7. The molecule has 0 amide bonds. The standard InChI is InChI=1S/C20H34FN3O2/c1-5-20(6-2,12-13-25)15-24-19(22-7-3)23-14-16(4)26-18-11-9-8-10-17(18)21/h8-11,16,25H,5-7,12-15H2,1-4H3,(H2,22,23,24). The van der Waals surface area contributed by atoms with Crippen molar-refractivity contribution in [3.8, 4) is 5.75 Å². The molecule has 0 spiro atoms. The Balaban J connectivity index is 2.65. The van der Waals surface area contributed by atoms with Crippen LogP contribution in [0, 0.1) is 11.2 Å². The van der Waals surface area contributed by atoms with Gasteiger partial charge in [-0.05, 0) is 50.7 Å². The molecule has 5 nitrogen and oxygen atoms in total. The van der Waals surface area contributed by atoms with Crippen molar-refractivity contribution in [3.63, 3.8) is 0 Å². The van der Waals surface area contributed by atoms with Gasteiger partial charge in [0.2, 0.25) is 0 Å². The number of nitrogens with one attached hydrogen (secondary N) is 2. The third kappa shape index (κ3) is 7.20. The van der Waals surface area contributed by atoms with E-state index in [1.807, 2.05) is 13.8 Å². The minimum Gasteiger partial charge on any atom is -0.486 e. The zero-order chi connectivity index (χ0) is 19.4. The maximum absolute atomic E-state index is 13.7. The van der Waals surface area contributed by atoms with Crippen molar-refractivity contribution in [2.45, 2.75) is 53.1 Å². The van der Waals surface area contributed by atoms with Crippen molar-refractivity contribution in [1.29, 1.82) is 0 Å². The molecule has 6 heteroatoms. The SMILES string of the molecule is CCNC(=NCC(CC)(CC)CCO)NCC(C)Oc1ccccc1F. The summed E-state index contributed by atoms with van der Waals surface area (Å²) in [5, 5.41) is 15.8. The van der Waals surface area contributed by atoms with E-state index < -0.39 is 0 Å². The van der Waals surface area contributed by atoms with Crippen LogP contribution in [0.1, 0.15) is 47.0 Å². The maximum atomic E-state index is 13.7. The quantitative estimate of drug-likeness (QED) is 0.415. The van der Waals surface area contributed by atoms with Crippen LogP contribution >= 0.6 is 0 Å².